The Bertz CT molecular complexity index is 902. The van der Waals surface area contributed by atoms with E-state index in [1.165, 1.54) is 6.07 Å². The molecule has 1 aromatic heterocycles. The maximum atomic E-state index is 13.9. The van der Waals surface area contributed by atoms with Gasteiger partial charge in [-0.3, -0.25) is 4.79 Å². The Morgan fingerprint density at radius 1 is 0.962 bits per heavy atom. The minimum atomic E-state index is -0.240. The third kappa shape index (κ3) is 3.18. The Morgan fingerprint density at radius 2 is 1.65 bits per heavy atom. The maximum absolute atomic E-state index is 13.9. The van der Waals surface area contributed by atoms with Crippen LogP contribution < -0.4 is 4.90 Å². The fourth-order valence-corrected chi connectivity index (χ4v) is 3.14. The number of carbonyl (C=O) groups is 1. The monoisotopic (exact) mass is 351 g/mol. The molecule has 0 aliphatic carbocycles. The number of rotatable bonds is 3. The summed E-state index contributed by atoms with van der Waals surface area (Å²) < 4.78 is 19.2. The normalized spacial score (nSPS) is 14.5. The third-order valence-electron chi connectivity index (χ3n) is 4.55. The summed E-state index contributed by atoms with van der Waals surface area (Å²) in [6, 6.07) is 17.9. The summed E-state index contributed by atoms with van der Waals surface area (Å²) in [7, 11) is 0. The molecule has 1 fully saturated rings. The molecule has 0 unspecified atom stereocenters. The van der Waals surface area contributed by atoms with Gasteiger partial charge in [0.15, 0.2) is 11.5 Å². The summed E-state index contributed by atoms with van der Waals surface area (Å²) in [5.74, 6) is 0.166. The number of carbonyl (C=O) groups excluding carboxylic acids is 1. The molecule has 1 amide bonds. The fourth-order valence-electron chi connectivity index (χ4n) is 3.14. The number of piperazine rings is 1. The van der Waals surface area contributed by atoms with Gasteiger partial charge in [0, 0.05) is 37.8 Å². The average molecular weight is 351 g/mol. The van der Waals surface area contributed by atoms with Crippen LogP contribution in [-0.4, -0.2) is 42.1 Å². The lowest BCUT2D eigenvalue weighted by Gasteiger charge is -2.35. The second kappa shape index (κ2) is 7.00. The van der Waals surface area contributed by atoms with Crippen LogP contribution in [0.2, 0.25) is 0 Å². The van der Waals surface area contributed by atoms with Crippen molar-refractivity contribution < 1.29 is 13.7 Å². The van der Waals surface area contributed by atoms with Crippen molar-refractivity contribution in [1.82, 2.24) is 10.1 Å². The number of halogens is 1. The fraction of sp³-hybridized carbons (Fsp3) is 0.200. The van der Waals surface area contributed by atoms with E-state index in [9.17, 15) is 9.18 Å². The van der Waals surface area contributed by atoms with Gasteiger partial charge in [0.2, 0.25) is 0 Å². The highest BCUT2D eigenvalue weighted by atomic mass is 19.1. The first-order valence-electron chi connectivity index (χ1n) is 8.53. The molecular formula is C20H18FN3O2. The van der Waals surface area contributed by atoms with Gasteiger partial charge in [-0.2, -0.15) is 0 Å². The standard InChI is InChI=1S/C20H18FN3O2/c21-16-8-4-5-9-18(16)23-10-12-24(13-11-23)20(25)17-14-19(26-22-17)15-6-2-1-3-7-15/h1-9,14H,10-13H2. The second-order valence-electron chi connectivity index (χ2n) is 6.17. The van der Waals surface area contributed by atoms with Crippen LogP contribution in [0, 0.1) is 5.82 Å². The predicted octanol–water partition coefficient (Wildman–Crippen LogP) is 3.44. The van der Waals surface area contributed by atoms with E-state index in [2.05, 4.69) is 5.16 Å². The van der Waals surface area contributed by atoms with Crippen LogP contribution in [0.15, 0.2) is 65.2 Å². The lowest BCUT2D eigenvalue weighted by molar-refractivity contribution is 0.0736. The molecule has 1 aliphatic rings. The Kier molecular flexibility index (Phi) is 4.39. The molecule has 1 aliphatic heterocycles. The van der Waals surface area contributed by atoms with Crippen molar-refractivity contribution in [1.29, 1.82) is 0 Å². The van der Waals surface area contributed by atoms with Gasteiger partial charge >= 0.3 is 0 Å². The zero-order chi connectivity index (χ0) is 17.9. The molecule has 2 aromatic carbocycles. The van der Waals surface area contributed by atoms with E-state index in [1.807, 2.05) is 41.3 Å². The molecule has 0 bridgehead atoms. The molecule has 5 nitrogen and oxygen atoms in total. The minimum absolute atomic E-state index is 0.163. The topological polar surface area (TPSA) is 49.6 Å². The Hall–Kier alpha value is -3.15. The van der Waals surface area contributed by atoms with Crippen LogP contribution in [0.1, 0.15) is 10.5 Å². The zero-order valence-corrected chi connectivity index (χ0v) is 14.1. The largest absolute Gasteiger partial charge is 0.366 e. The van der Waals surface area contributed by atoms with Crippen LogP contribution in [-0.2, 0) is 0 Å². The van der Waals surface area contributed by atoms with Gasteiger partial charge in [0.1, 0.15) is 5.82 Å². The van der Waals surface area contributed by atoms with Gasteiger partial charge in [0.25, 0.3) is 5.91 Å². The Balaban J connectivity index is 1.43. The summed E-state index contributed by atoms with van der Waals surface area (Å²) >= 11 is 0. The molecule has 4 rings (SSSR count). The molecule has 0 radical (unpaired) electrons. The van der Waals surface area contributed by atoms with Crippen molar-refractivity contribution in [2.24, 2.45) is 0 Å². The summed E-state index contributed by atoms with van der Waals surface area (Å²) in [4.78, 5) is 16.3. The number of para-hydroxylation sites is 1. The molecule has 0 saturated carbocycles. The molecule has 0 atom stereocenters. The number of hydrogen-bond donors (Lipinski definition) is 0. The van der Waals surface area contributed by atoms with E-state index in [0.717, 1.165) is 5.56 Å². The first kappa shape index (κ1) is 16.3. The van der Waals surface area contributed by atoms with Gasteiger partial charge in [0.05, 0.1) is 5.69 Å². The van der Waals surface area contributed by atoms with Gasteiger partial charge in [-0.05, 0) is 12.1 Å². The number of hydrogen-bond acceptors (Lipinski definition) is 4. The lowest BCUT2D eigenvalue weighted by Crippen LogP contribution is -2.49. The smallest absolute Gasteiger partial charge is 0.276 e. The van der Waals surface area contributed by atoms with Crippen LogP contribution in [0.25, 0.3) is 11.3 Å². The summed E-state index contributed by atoms with van der Waals surface area (Å²) in [5, 5.41) is 3.92. The number of benzene rings is 2. The van der Waals surface area contributed by atoms with E-state index < -0.39 is 0 Å². The van der Waals surface area contributed by atoms with Gasteiger partial charge in [-0.15, -0.1) is 0 Å². The predicted molar refractivity (Wildman–Crippen MR) is 96.5 cm³/mol. The van der Waals surface area contributed by atoms with Crippen LogP contribution in [0.4, 0.5) is 10.1 Å². The highest BCUT2D eigenvalue weighted by molar-refractivity contribution is 5.93. The van der Waals surface area contributed by atoms with Gasteiger partial charge in [-0.1, -0.05) is 47.6 Å². The first-order chi connectivity index (χ1) is 12.7. The third-order valence-corrected chi connectivity index (χ3v) is 4.55. The number of anilines is 1. The Morgan fingerprint density at radius 3 is 2.38 bits per heavy atom. The second-order valence-corrected chi connectivity index (χ2v) is 6.17. The van der Waals surface area contributed by atoms with Gasteiger partial charge < -0.3 is 14.3 Å². The Labute approximate surface area is 150 Å². The molecule has 0 N–H and O–H groups in total. The maximum Gasteiger partial charge on any atom is 0.276 e. The zero-order valence-electron chi connectivity index (χ0n) is 14.1. The van der Waals surface area contributed by atoms with Crippen molar-refractivity contribution >= 4 is 11.6 Å². The number of nitrogens with zero attached hydrogens (tertiary/aromatic N) is 3. The molecule has 1 saturated heterocycles. The van der Waals surface area contributed by atoms with Gasteiger partial charge in [-0.25, -0.2) is 4.39 Å². The van der Waals surface area contributed by atoms with Crippen molar-refractivity contribution in [3.05, 3.63) is 72.2 Å². The van der Waals surface area contributed by atoms with E-state index >= 15 is 0 Å². The molecule has 132 valence electrons. The number of aromatic nitrogens is 1. The van der Waals surface area contributed by atoms with Crippen molar-refractivity contribution in [3.63, 3.8) is 0 Å². The molecule has 6 heteroatoms. The van der Waals surface area contributed by atoms with Crippen molar-refractivity contribution in [3.8, 4) is 11.3 Å². The van der Waals surface area contributed by atoms with Crippen LogP contribution in [0.5, 0.6) is 0 Å². The van der Waals surface area contributed by atoms with Crippen molar-refractivity contribution in [2.45, 2.75) is 0 Å². The lowest BCUT2D eigenvalue weighted by atomic mass is 10.1. The highest BCUT2D eigenvalue weighted by Crippen LogP contribution is 2.23. The van der Waals surface area contributed by atoms with E-state index in [0.29, 0.717) is 43.3 Å². The molecule has 3 aromatic rings. The quantitative estimate of drug-likeness (QED) is 0.725. The molecular weight excluding hydrogens is 333 g/mol. The van der Waals surface area contributed by atoms with E-state index in [4.69, 9.17) is 4.52 Å². The molecule has 26 heavy (non-hydrogen) atoms. The SMILES string of the molecule is O=C(c1cc(-c2ccccc2)on1)N1CCN(c2ccccc2F)CC1. The summed E-state index contributed by atoms with van der Waals surface area (Å²) in [5.41, 5.74) is 1.75. The molecule has 0 spiro atoms. The first-order valence-corrected chi connectivity index (χ1v) is 8.53. The van der Waals surface area contributed by atoms with Crippen LogP contribution >= 0.6 is 0 Å². The summed E-state index contributed by atoms with van der Waals surface area (Å²) in [6.07, 6.45) is 0. The van der Waals surface area contributed by atoms with E-state index in [-0.39, 0.29) is 11.7 Å². The average Bonchev–Trinajstić information content (AvgIpc) is 3.19. The van der Waals surface area contributed by atoms with E-state index in [1.54, 1.807) is 23.1 Å². The van der Waals surface area contributed by atoms with Crippen molar-refractivity contribution in [2.75, 3.05) is 31.1 Å². The number of amides is 1. The minimum Gasteiger partial charge on any atom is -0.366 e. The summed E-state index contributed by atoms with van der Waals surface area (Å²) in [6.45, 7) is 2.19. The van der Waals surface area contributed by atoms with Crippen LogP contribution in [0.3, 0.4) is 0 Å². The molecule has 2 heterocycles. The highest BCUT2D eigenvalue weighted by Gasteiger charge is 2.25.